The maximum absolute atomic E-state index is 12.7. The number of para-hydroxylation sites is 2. The van der Waals surface area contributed by atoms with E-state index in [2.05, 4.69) is 25.5 Å². The summed E-state index contributed by atoms with van der Waals surface area (Å²) < 4.78 is 2.02. The van der Waals surface area contributed by atoms with E-state index in [0.29, 0.717) is 12.2 Å². The molecular formula is C21H22N6O. The van der Waals surface area contributed by atoms with Gasteiger partial charge in [0.05, 0.1) is 41.3 Å². The number of amides is 1. The van der Waals surface area contributed by atoms with Gasteiger partial charge in [-0.15, -0.1) is 0 Å². The third-order valence-corrected chi connectivity index (χ3v) is 4.83. The van der Waals surface area contributed by atoms with Crippen LogP contribution in [-0.4, -0.2) is 30.6 Å². The molecule has 142 valence electrons. The van der Waals surface area contributed by atoms with E-state index in [9.17, 15) is 4.79 Å². The fraction of sp³-hybridized carbons (Fsp3) is 0.238. The predicted octanol–water partition coefficient (Wildman–Crippen LogP) is 3.39. The highest BCUT2D eigenvalue weighted by molar-refractivity contribution is 5.92. The SMILES string of the molecule is CC[C@H](NC(=O)c1cc(Cn2cnc3ccccc32)[nH]n1)c1ncccc1C. The molecule has 1 aromatic carbocycles. The van der Waals surface area contributed by atoms with Crippen molar-refractivity contribution in [3.63, 3.8) is 0 Å². The first-order chi connectivity index (χ1) is 13.7. The Balaban J connectivity index is 1.49. The zero-order valence-corrected chi connectivity index (χ0v) is 15.9. The fourth-order valence-electron chi connectivity index (χ4n) is 3.34. The van der Waals surface area contributed by atoms with Gasteiger partial charge in [-0.3, -0.25) is 14.9 Å². The van der Waals surface area contributed by atoms with E-state index in [1.807, 2.05) is 54.8 Å². The number of carbonyl (C=O) groups excluding carboxylic acids is 1. The van der Waals surface area contributed by atoms with Gasteiger partial charge in [0.25, 0.3) is 5.91 Å². The standard InChI is InChI=1S/C21H22N6O/c1-3-16(20-14(2)7-6-10-22-20)24-21(28)18-11-15(25-26-18)12-27-13-23-17-8-4-5-9-19(17)27/h4-11,13,16H,3,12H2,1-2H3,(H,24,28)(H,25,26)/t16-/m0/s1. The van der Waals surface area contributed by atoms with E-state index < -0.39 is 0 Å². The lowest BCUT2D eigenvalue weighted by Gasteiger charge is -2.17. The van der Waals surface area contributed by atoms with Crippen LogP contribution in [0.1, 0.15) is 46.8 Å². The van der Waals surface area contributed by atoms with Crippen molar-refractivity contribution in [3.8, 4) is 0 Å². The van der Waals surface area contributed by atoms with Crippen LogP contribution in [0, 0.1) is 6.92 Å². The Labute approximate surface area is 162 Å². The Hall–Kier alpha value is -3.48. The number of aromatic amines is 1. The molecule has 7 nitrogen and oxygen atoms in total. The number of H-pyrrole nitrogens is 1. The molecule has 7 heteroatoms. The minimum Gasteiger partial charge on any atom is -0.342 e. The molecule has 4 rings (SSSR count). The van der Waals surface area contributed by atoms with E-state index in [-0.39, 0.29) is 11.9 Å². The third kappa shape index (κ3) is 3.51. The Bertz CT molecular complexity index is 1110. The number of pyridine rings is 1. The van der Waals surface area contributed by atoms with Gasteiger partial charge in [-0.05, 0) is 43.2 Å². The summed E-state index contributed by atoms with van der Waals surface area (Å²) in [5.74, 6) is -0.213. The van der Waals surface area contributed by atoms with Gasteiger partial charge in [-0.1, -0.05) is 25.1 Å². The van der Waals surface area contributed by atoms with Gasteiger partial charge in [0, 0.05) is 6.20 Å². The Morgan fingerprint density at radius 2 is 2.07 bits per heavy atom. The van der Waals surface area contributed by atoms with Gasteiger partial charge in [-0.2, -0.15) is 5.10 Å². The number of aryl methyl sites for hydroxylation is 1. The van der Waals surface area contributed by atoms with Crippen molar-refractivity contribution in [1.82, 2.24) is 30.0 Å². The number of hydrogen-bond donors (Lipinski definition) is 2. The normalized spacial score (nSPS) is 12.2. The minimum atomic E-state index is -0.213. The molecule has 2 N–H and O–H groups in total. The second-order valence-electron chi connectivity index (χ2n) is 6.78. The molecule has 0 aliphatic rings. The van der Waals surface area contributed by atoms with Crippen molar-refractivity contribution in [3.05, 3.63) is 77.6 Å². The summed E-state index contributed by atoms with van der Waals surface area (Å²) in [4.78, 5) is 21.5. The van der Waals surface area contributed by atoms with Crippen molar-refractivity contribution < 1.29 is 4.79 Å². The number of imidazole rings is 1. The molecule has 0 aliphatic carbocycles. The Morgan fingerprint density at radius 3 is 2.89 bits per heavy atom. The van der Waals surface area contributed by atoms with E-state index in [1.54, 1.807) is 18.6 Å². The van der Waals surface area contributed by atoms with Crippen LogP contribution in [0.15, 0.2) is 55.0 Å². The molecule has 0 saturated carbocycles. The number of carbonyl (C=O) groups is 1. The van der Waals surface area contributed by atoms with Crippen molar-refractivity contribution in [2.75, 3.05) is 0 Å². The number of aromatic nitrogens is 5. The van der Waals surface area contributed by atoms with Crippen molar-refractivity contribution in [2.45, 2.75) is 32.9 Å². The van der Waals surface area contributed by atoms with Gasteiger partial charge in [0.1, 0.15) is 5.69 Å². The zero-order valence-electron chi connectivity index (χ0n) is 15.9. The number of rotatable bonds is 6. The molecule has 0 unspecified atom stereocenters. The number of nitrogens with one attached hydrogen (secondary N) is 2. The maximum Gasteiger partial charge on any atom is 0.272 e. The highest BCUT2D eigenvalue weighted by Crippen LogP contribution is 2.19. The third-order valence-electron chi connectivity index (χ3n) is 4.83. The van der Waals surface area contributed by atoms with E-state index >= 15 is 0 Å². The molecule has 0 bridgehead atoms. The number of nitrogens with zero attached hydrogens (tertiary/aromatic N) is 4. The van der Waals surface area contributed by atoms with Crippen LogP contribution in [-0.2, 0) is 6.54 Å². The molecular weight excluding hydrogens is 352 g/mol. The summed E-state index contributed by atoms with van der Waals surface area (Å²) in [5.41, 5.74) is 5.14. The number of benzene rings is 1. The summed E-state index contributed by atoms with van der Waals surface area (Å²) in [5, 5.41) is 10.2. The monoisotopic (exact) mass is 374 g/mol. The first-order valence-electron chi connectivity index (χ1n) is 9.32. The summed E-state index contributed by atoms with van der Waals surface area (Å²) in [6.45, 7) is 4.59. The van der Waals surface area contributed by atoms with Gasteiger partial charge in [0.15, 0.2) is 0 Å². The van der Waals surface area contributed by atoms with Gasteiger partial charge >= 0.3 is 0 Å². The van der Waals surface area contributed by atoms with E-state index in [4.69, 9.17) is 0 Å². The molecule has 0 spiro atoms. The van der Waals surface area contributed by atoms with Crippen molar-refractivity contribution >= 4 is 16.9 Å². The topological polar surface area (TPSA) is 88.5 Å². The fourth-order valence-corrected chi connectivity index (χ4v) is 3.34. The van der Waals surface area contributed by atoms with Crippen LogP contribution < -0.4 is 5.32 Å². The van der Waals surface area contributed by atoms with Gasteiger partial charge in [-0.25, -0.2) is 4.98 Å². The minimum absolute atomic E-state index is 0.147. The molecule has 28 heavy (non-hydrogen) atoms. The first kappa shape index (κ1) is 17.9. The highest BCUT2D eigenvalue weighted by Gasteiger charge is 2.19. The molecule has 1 amide bonds. The van der Waals surface area contributed by atoms with Crippen molar-refractivity contribution in [1.29, 1.82) is 0 Å². The summed E-state index contributed by atoms with van der Waals surface area (Å²) >= 11 is 0. The Kier molecular flexibility index (Phi) is 4.89. The zero-order chi connectivity index (χ0) is 19.5. The van der Waals surface area contributed by atoms with Crippen LogP contribution in [0.4, 0.5) is 0 Å². The lowest BCUT2D eigenvalue weighted by molar-refractivity contribution is 0.0929. The predicted molar refractivity (Wildman–Crippen MR) is 107 cm³/mol. The van der Waals surface area contributed by atoms with Gasteiger partial charge < -0.3 is 9.88 Å². The summed E-state index contributed by atoms with van der Waals surface area (Å²) in [7, 11) is 0. The average molecular weight is 374 g/mol. The molecule has 3 aromatic heterocycles. The molecule has 0 aliphatic heterocycles. The molecule has 0 saturated heterocycles. The largest absolute Gasteiger partial charge is 0.342 e. The number of fused-ring (bicyclic) bond motifs is 1. The van der Waals surface area contributed by atoms with Crippen LogP contribution in [0.3, 0.4) is 0 Å². The molecule has 0 radical (unpaired) electrons. The number of hydrogen-bond acceptors (Lipinski definition) is 4. The summed E-state index contributed by atoms with van der Waals surface area (Å²) in [6.07, 6.45) is 4.29. The van der Waals surface area contributed by atoms with Crippen LogP contribution in [0.25, 0.3) is 11.0 Å². The first-order valence-corrected chi connectivity index (χ1v) is 9.32. The maximum atomic E-state index is 12.7. The molecule has 1 atom stereocenters. The quantitative estimate of drug-likeness (QED) is 0.541. The molecule has 3 heterocycles. The lowest BCUT2D eigenvalue weighted by atomic mass is 10.1. The van der Waals surface area contributed by atoms with Crippen molar-refractivity contribution in [2.24, 2.45) is 0 Å². The van der Waals surface area contributed by atoms with E-state index in [0.717, 1.165) is 34.4 Å². The molecule has 4 aromatic rings. The average Bonchev–Trinajstić information content (AvgIpc) is 3.35. The smallest absolute Gasteiger partial charge is 0.272 e. The highest BCUT2D eigenvalue weighted by atomic mass is 16.2. The second-order valence-corrected chi connectivity index (χ2v) is 6.78. The lowest BCUT2D eigenvalue weighted by Crippen LogP contribution is -2.29. The van der Waals surface area contributed by atoms with Crippen LogP contribution >= 0.6 is 0 Å². The Morgan fingerprint density at radius 1 is 1.21 bits per heavy atom. The van der Waals surface area contributed by atoms with E-state index in [1.165, 1.54) is 0 Å². The molecule has 0 fully saturated rings. The van der Waals surface area contributed by atoms with Crippen LogP contribution in [0.2, 0.25) is 0 Å². The van der Waals surface area contributed by atoms with Crippen LogP contribution in [0.5, 0.6) is 0 Å². The van der Waals surface area contributed by atoms with Gasteiger partial charge in [0.2, 0.25) is 0 Å². The summed E-state index contributed by atoms with van der Waals surface area (Å²) in [6, 6.07) is 13.5. The second kappa shape index (κ2) is 7.64.